The van der Waals surface area contributed by atoms with Crippen LogP contribution >= 0.6 is 0 Å². The molecule has 1 fully saturated rings. The highest BCUT2D eigenvalue weighted by molar-refractivity contribution is 5.57. The molecule has 0 bridgehead atoms. The molecule has 0 unspecified atom stereocenters. The number of hydrogen-bond acceptors (Lipinski definition) is 3. The molecule has 1 N–H and O–H groups in total. The minimum atomic E-state index is 0.572. The molecule has 2 heterocycles. The molecule has 3 rings (SSSR count). The van der Waals surface area contributed by atoms with E-state index in [2.05, 4.69) is 33.0 Å². The van der Waals surface area contributed by atoms with Crippen LogP contribution in [0.4, 0.5) is 0 Å². The summed E-state index contributed by atoms with van der Waals surface area (Å²) in [5, 5.41) is 3.38. The summed E-state index contributed by atoms with van der Waals surface area (Å²) in [5.74, 6) is 0. The molecule has 0 spiro atoms. The van der Waals surface area contributed by atoms with Crippen molar-refractivity contribution in [1.82, 2.24) is 19.9 Å². The molecule has 100 valence electrons. The SMILES string of the molecule is CNC1CCC(n2cncc2-c2cccnc2)CC1. The molecule has 1 saturated carbocycles. The number of nitrogens with one attached hydrogen (secondary N) is 1. The first kappa shape index (κ1) is 12.4. The Morgan fingerprint density at radius 1 is 1.16 bits per heavy atom. The lowest BCUT2D eigenvalue weighted by atomic mass is 9.91. The van der Waals surface area contributed by atoms with Gasteiger partial charge >= 0.3 is 0 Å². The fraction of sp³-hybridized carbons (Fsp3) is 0.467. The van der Waals surface area contributed by atoms with Gasteiger partial charge in [0.25, 0.3) is 0 Å². The van der Waals surface area contributed by atoms with E-state index in [0.717, 1.165) is 5.56 Å². The van der Waals surface area contributed by atoms with Crippen LogP contribution in [0.25, 0.3) is 11.3 Å². The van der Waals surface area contributed by atoms with Crippen LogP contribution in [0.1, 0.15) is 31.7 Å². The fourth-order valence-corrected chi connectivity index (χ4v) is 2.98. The number of rotatable bonds is 3. The van der Waals surface area contributed by atoms with E-state index in [1.54, 1.807) is 0 Å². The summed E-state index contributed by atoms with van der Waals surface area (Å²) in [7, 11) is 2.06. The maximum Gasteiger partial charge on any atom is 0.0953 e. The van der Waals surface area contributed by atoms with Crippen LogP contribution < -0.4 is 5.32 Å². The van der Waals surface area contributed by atoms with Gasteiger partial charge in [-0.2, -0.15) is 0 Å². The van der Waals surface area contributed by atoms with Gasteiger partial charge in [-0.1, -0.05) is 0 Å². The van der Waals surface area contributed by atoms with Crippen LogP contribution in [0.3, 0.4) is 0 Å². The fourth-order valence-electron chi connectivity index (χ4n) is 2.98. The van der Waals surface area contributed by atoms with E-state index in [1.807, 2.05) is 31.0 Å². The molecule has 2 aromatic heterocycles. The second kappa shape index (κ2) is 5.53. The monoisotopic (exact) mass is 256 g/mol. The van der Waals surface area contributed by atoms with Crippen LogP contribution in [-0.2, 0) is 0 Å². The smallest absolute Gasteiger partial charge is 0.0953 e. The third-order valence-electron chi connectivity index (χ3n) is 4.12. The molecule has 0 atom stereocenters. The lowest BCUT2D eigenvalue weighted by Gasteiger charge is -2.30. The zero-order valence-corrected chi connectivity index (χ0v) is 11.3. The molecular weight excluding hydrogens is 236 g/mol. The van der Waals surface area contributed by atoms with Gasteiger partial charge in [0.1, 0.15) is 0 Å². The Hall–Kier alpha value is -1.68. The van der Waals surface area contributed by atoms with Gasteiger partial charge in [-0.25, -0.2) is 4.98 Å². The summed E-state index contributed by atoms with van der Waals surface area (Å²) in [6, 6.07) is 5.33. The molecule has 4 heteroatoms. The molecule has 1 aliphatic carbocycles. The van der Waals surface area contributed by atoms with Crippen LogP contribution in [0.15, 0.2) is 37.1 Å². The van der Waals surface area contributed by atoms with Crippen LogP contribution in [0.2, 0.25) is 0 Å². The number of hydrogen-bond donors (Lipinski definition) is 1. The predicted octanol–water partition coefficient (Wildman–Crippen LogP) is 2.65. The maximum atomic E-state index is 4.33. The first-order valence-electron chi connectivity index (χ1n) is 6.98. The third kappa shape index (κ3) is 2.54. The Labute approximate surface area is 113 Å². The second-order valence-corrected chi connectivity index (χ2v) is 5.22. The summed E-state index contributed by atoms with van der Waals surface area (Å²) < 4.78 is 2.32. The quantitative estimate of drug-likeness (QED) is 0.918. The first-order valence-corrected chi connectivity index (χ1v) is 6.98. The third-order valence-corrected chi connectivity index (χ3v) is 4.12. The van der Waals surface area contributed by atoms with Crippen molar-refractivity contribution in [2.75, 3.05) is 7.05 Å². The summed E-state index contributed by atoms with van der Waals surface area (Å²) in [6.45, 7) is 0. The Morgan fingerprint density at radius 2 is 2.00 bits per heavy atom. The largest absolute Gasteiger partial charge is 0.327 e. The highest BCUT2D eigenvalue weighted by Gasteiger charge is 2.22. The van der Waals surface area contributed by atoms with Crippen molar-refractivity contribution in [1.29, 1.82) is 0 Å². The normalized spacial score (nSPS) is 23.4. The van der Waals surface area contributed by atoms with Crippen molar-refractivity contribution in [3.8, 4) is 11.3 Å². The van der Waals surface area contributed by atoms with Gasteiger partial charge in [0, 0.05) is 30.0 Å². The highest BCUT2D eigenvalue weighted by atomic mass is 15.1. The summed E-state index contributed by atoms with van der Waals surface area (Å²) in [5.41, 5.74) is 2.33. The number of pyridine rings is 1. The molecule has 0 radical (unpaired) electrons. The number of nitrogens with zero attached hydrogens (tertiary/aromatic N) is 3. The summed E-state index contributed by atoms with van der Waals surface area (Å²) >= 11 is 0. The lowest BCUT2D eigenvalue weighted by molar-refractivity contribution is 0.302. The average Bonchev–Trinajstić information content (AvgIpc) is 2.98. The van der Waals surface area contributed by atoms with Gasteiger partial charge < -0.3 is 9.88 Å². The van der Waals surface area contributed by atoms with Crippen molar-refractivity contribution in [2.24, 2.45) is 0 Å². The van der Waals surface area contributed by atoms with Crippen molar-refractivity contribution in [2.45, 2.75) is 37.8 Å². The zero-order chi connectivity index (χ0) is 13.1. The Bertz CT molecular complexity index is 512. The minimum Gasteiger partial charge on any atom is -0.327 e. The molecule has 0 aliphatic heterocycles. The van der Waals surface area contributed by atoms with E-state index in [-0.39, 0.29) is 0 Å². The highest BCUT2D eigenvalue weighted by Crippen LogP contribution is 2.32. The van der Waals surface area contributed by atoms with Gasteiger partial charge in [-0.15, -0.1) is 0 Å². The van der Waals surface area contributed by atoms with Gasteiger partial charge in [0.05, 0.1) is 18.2 Å². The summed E-state index contributed by atoms with van der Waals surface area (Å²) in [4.78, 5) is 8.53. The molecule has 19 heavy (non-hydrogen) atoms. The predicted molar refractivity (Wildman–Crippen MR) is 75.8 cm³/mol. The first-order chi connectivity index (χ1) is 9.38. The number of imidazole rings is 1. The van der Waals surface area contributed by atoms with Crippen LogP contribution in [0, 0.1) is 0 Å². The molecular formula is C15H20N4. The Kier molecular flexibility index (Phi) is 3.60. The molecule has 1 aliphatic rings. The van der Waals surface area contributed by atoms with Crippen molar-refractivity contribution in [3.63, 3.8) is 0 Å². The molecule has 0 saturated heterocycles. The Morgan fingerprint density at radius 3 is 2.68 bits per heavy atom. The lowest BCUT2D eigenvalue weighted by Crippen LogP contribution is -2.31. The van der Waals surface area contributed by atoms with Gasteiger partial charge in [-0.05, 0) is 44.9 Å². The average molecular weight is 256 g/mol. The molecule has 4 nitrogen and oxygen atoms in total. The molecule has 2 aromatic rings. The van der Waals surface area contributed by atoms with Crippen LogP contribution in [0.5, 0.6) is 0 Å². The van der Waals surface area contributed by atoms with E-state index < -0.39 is 0 Å². The van der Waals surface area contributed by atoms with Gasteiger partial charge in [0.15, 0.2) is 0 Å². The van der Waals surface area contributed by atoms with Gasteiger partial charge in [0.2, 0.25) is 0 Å². The van der Waals surface area contributed by atoms with E-state index in [4.69, 9.17) is 0 Å². The number of aromatic nitrogens is 3. The van der Waals surface area contributed by atoms with Crippen molar-refractivity contribution in [3.05, 3.63) is 37.1 Å². The zero-order valence-electron chi connectivity index (χ0n) is 11.3. The standard InChI is InChI=1S/C15H20N4/c1-16-13-4-6-14(7-5-13)19-11-18-10-15(19)12-3-2-8-17-9-12/h2-3,8-11,13-14,16H,4-7H2,1H3. The minimum absolute atomic E-state index is 0.572. The topological polar surface area (TPSA) is 42.7 Å². The maximum absolute atomic E-state index is 4.33. The van der Waals surface area contributed by atoms with Crippen molar-refractivity contribution < 1.29 is 0 Å². The summed E-state index contributed by atoms with van der Waals surface area (Å²) in [6.07, 6.45) is 12.5. The van der Waals surface area contributed by atoms with Crippen LogP contribution in [-0.4, -0.2) is 27.6 Å². The molecule has 0 amide bonds. The van der Waals surface area contributed by atoms with E-state index in [0.29, 0.717) is 12.1 Å². The van der Waals surface area contributed by atoms with E-state index >= 15 is 0 Å². The van der Waals surface area contributed by atoms with E-state index in [9.17, 15) is 0 Å². The second-order valence-electron chi connectivity index (χ2n) is 5.22. The van der Waals surface area contributed by atoms with E-state index in [1.165, 1.54) is 31.4 Å². The van der Waals surface area contributed by atoms with Gasteiger partial charge in [-0.3, -0.25) is 4.98 Å². The Balaban J connectivity index is 1.81. The molecule has 0 aromatic carbocycles. The van der Waals surface area contributed by atoms with Crippen molar-refractivity contribution >= 4 is 0 Å².